The van der Waals surface area contributed by atoms with Crippen LogP contribution in [0.1, 0.15) is 18.5 Å². The van der Waals surface area contributed by atoms with Gasteiger partial charge in [-0.25, -0.2) is 0 Å². The van der Waals surface area contributed by atoms with Gasteiger partial charge in [0, 0.05) is 18.5 Å². The third-order valence-corrected chi connectivity index (χ3v) is 4.53. The van der Waals surface area contributed by atoms with Crippen LogP contribution < -0.4 is 14.8 Å². The number of rotatable bonds is 6. The van der Waals surface area contributed by atoms with E-state index in [0.717, 1.165) is 5.56 Å². The maximum absolute atomic E-state index is 11.5. The largest absolute Gasteiger partial charge is 0.493 e. The van der Waals surface area contributed by atoms with E-state index in [4.69, 9.17) is 26.4 Å². The topological polar surface area (TPSA) is 80.3 Å². The Morgan fingerprint density at radius 1 is 1.52 bits per heavy atom. The molecule has 0 saturated heterocycles. The van der Waals surface area contributed by atoms with Gasteiger partial charge in [-0.3, -0.25) is 4.79 Å². The van der Waals surface area contributed by atoms with Crippen LogP contribution in [0.15, 0.2) is 18.2 Å². The lowest BCUT2D eigenvalue weighted by Crippen LogP contribution is -2.46. The third kappa shape index (κ3) is 4.32. The van der Waals surface area contributed by atoms with Crippen LogP contribution in [0.4, 0.5) is 0 Å². The zero-order chi connectivity index (χ0) is 18.4. The minimum absolute atomic E-state index is 0.00497. The zero-order valence-corrected chi connectivity index (χ0v) is 15.5. The van der Waals surface area contributed by atoms with Crippen molar-refractivity contribution in [1.82, 2.24) is 10.2 Å². The fourth-order valence-electron chi connectivity index (χ4n) is 2.90. The van der Waals surface area contributed by atoms with E-state index < -0.39 is 0 Å². The highest BCUT2D eigenvalue weighted by molar-refractivity contribution is 7.80. The number of hydrogen-bond donors (Lipinski definition) is 2. The fourth-order valence-corrected chi connectivity index (χ4v) is 3.09. The van der Waals surface area contributed by atoms with Gasteiger partial charge in [0.05, 0.1) is 33.0 Å². The average Bonchev–Trinajstić information content (AvgIpc) is 2.64. The Hall–Kier alpha value is -2.06. The molecule has 7 nitrogen and oxygen atoms in total. The van der Waals surface area contributed by atoms with E-state index in [1.165, 1.54) is 0 Å². The first-order chi connectivity index (χ1) is 12.0. The summed E-state index contributed by atoms with van der Waals surface area (Å²) in [6.07, 6.45) is 0. The molecule has 0 fully saturated rings. The number of benzene rings is 1. The second-order valence-electron chi connectivity index (χ2n) is 5.65. The summed E-state index contributed by atoms with van der Waals surface area (Å²) in [6, 6.07) is 5.42. The molecule has 1 aromatic carbocycles. The maximum atomic E-state index is 11.5. The van der Waals surface area contributed by atoms with E-state index in [1.807, 2.05) is 30.1 Å². The number of nitrogens with one attached hydrogen (secondary N) is 1. The molecule has 1 aliphatic heterocycles. The summed E-state index contributed by atoms with van der Waals surface area (Å²) in [7, 11) is 3.41. The molecule has 25 heavy (non-hydrogen) atoms. The van der Waals surface area contributed by atoms with Gasteiger partial charge in [0.1, 0.15) is 6.54 Å². The Morgan fingerprint density at radius 2 is 2.28 bits per heavy atom. The zero-order valence-electron chi connectivity index (χ0n) is 14.7. The summed E-state index contributed by atoms with van der Waals surface area (Å²) in [5.74, 6) is 0.760. The highest BCUT2D eigenvalue weighted by atomic mass is 32.1. The first kappa shape index (κ1) is 19.3. The number of aliphatic hydroxyl groups is 1. The Morgan fingerprint density at radius 3 is 2.92 bits per heavy atom. The Balaban J connectivity index is 2.20. The number of aliphatic hydroxyl groups excluding tert-OH is 1. The first-order valence-corrected chi connectivity index (χ1v) is 8.51. The number of nitrogens with zero attached hydrogens (tertiary/aromatic N) is 1. The van der Waals surface area contributed by atoms with Crippen LogP contribution in [0, 0.1) is 5.92 Å². The lowest BCUT2D eigenvalue weighted by atomic mass is 9.90. The Bertz CT molecular complexity index is 625. The van der Waals surface area contributed by atoms with Crippen LogP contribution in [-0.4, -0.2) is 61.6 Å². The van der Waals surface area contributed by atoms with Gasteiger partial charge in [-0.2, -0.15) is 0 Å². The molecule has 0 aromatic heterocycles. The lowest BCUT2D eigenvalue weighted by molar-refractivity contribution is -0.141. The molecule has 2 atom stereocenters. The van der Waals surface area contributed by atoms with Crippen molar-refractivity contribution in [2.24, 2.45) is 5.92 Å². The van der Waals surface area contributed by atoms with E-state index in [0.29, 0.717) is 29.8 Å². The highest BCUT2D eigenvalue weighted by Gasteiger charge is 2.36. The Labute approximate surface area is 152 Å². The van der Waals surface area contributed by atoms with Crippen LogP contribution in [0.3, 0.4) is 0 Å². The van der Waals surface area contributed by atoms with Crippen molar-refractivity contribution < 1.29 is 24.1 Å². The summed E-state index contributed by atoms with van der Waals surface area (Å²) in [5.41, 5.74) is 0.882. The number of hydrogen-bond acceptors (Lipinski definition) is 6. The SMILES string of the molecule is CCOC(=O)CNC(=S)N(C)[C@@H]1c2cccc(OC)c2OC[C@@H]1CO. The van der Waals surface area contributed by atoms with E-state index in [9.17, 15) is 9.90 Å². The van der Waals surface area contributed by atoms with Crippen molar-refractivity contribution >= 4 is 23.3 Å². The van der Waals surface area contributed by atoms with E-state index in [-0.39, 0.29) is 31.1 Å². The summed E-state index contributed by atoms with van der Waals surface area (Å²) in [6.45, 7) is 2.36. The molecule has 1 aromatic rings. The van der Waals surface area contributed by atoms with E-state index in [2.05, 4.69) is 5.32 Å². The maximum Gasteiger partial charge on any atom is 0.325 e. The van der Waals surface area contributed by atoms with Crippen LogP contribution >= 0.6 is 12.2 Å². The standard InChI is InChI=1S/C17H24N2O5S/c1-4-23-14(21)8-18-17(25)19(2)15-11(9-20)10-24-16-12(15)6-5-7-13(16)22-3/h5-7,11,15,20H,4,8-10H2,1-3H3,(H,18,25)/t11-,15-/m0/s1. The van der Waals surface area contributed by atoms with Crippen molar-refractivity contribution in [3.8, 4) is 11.5 Å². The van der Waals surface area contributed by atoms with Gasteiger partial charge >= 0.3 is 5.97 Å². The van der Waals surface area contributed by atoms with E-state index in [1.54, 1.807) is 14.0 Å². The number of ether oxygens (including phenoxy) is 3. The molecule has 2 N–H and O–H groups in total. The van der Waals surface area contributed by atoms with Gasteiger partial charge in [-0.05, 0) is 25.2 Å². The average molecular weight is 368 g/mol. The van der Waals surface area contributed by atoms with Gasteiger partial charge < -0.3 is 29.5 Å². The van der Waals surface area contributed by atoms with Gasteiger partial charge in [-0.15, -0.1) is 0 Å². The molecule has 1 heterocycles. The molecule has 2 rings (SSSR count). The van der Waals surface area contributed by atoms with Gasteiger partial charge in [0.25, 0.3) is 0 Å². The van der Waals surface area contributed by atoms with Crippen molar-refractivity contribution in [2.45, 2.75) is 13.0 Å². The third-order valence-electron chi connectivity index (χ3n) is 4.10. The van der Waals surface area contributed by atoms with Crippen molar-refractivity contribution in [3.05, 3.63) is 23.8 Å². The van der Waals surface area contributed by atoms with Crippen LogP contribution in [0.2, 0.25) is 0 Å². The highest BCUT2D eigenvalue weighted by Crippen LogP contribution is 2.43. The second kappa shape index (κ2) is 8.87. The quantitative estimate of drug-likeness (QED) is 0.571. The molecule has 8 heteroatoms. The number of thiocarbonyl (C=S) groups is 1. The number of carbonyl (C=O) groups is 1. The number of methoxy groups -OCH3 is 1. The van der Waals surface area contributed by atoms with Crippen LogP contribution in [0.25, 0.3) is 0 Å². The summed E-state index contributed by atoms with van der Waals surface area (Å²) < 4.78 is 16.0. The number of esters is 1. The second-order valence-corrected chi connectivity index (χ2v) is 6.04. The van der Waals surface area contributed by atoms with Crippen molar-refractivity contribution in [2.75, 3.05) is 40.5 Å². The molecule has 138 valence electrons. The molecule has 0 unspecified atom stereocenters. The number of carbonyl (C=O) groups excluding carboxylic acids is 1. The van der Waals surface area contributed by atoms with Crippen molar-refractivity contribution in [1.29, 1.82) is 0 Å². The molecule has 0 bridgehead atoms. The summed E-state index contributed by atoms with van der Waals surface area (Å²) in [5, 5.41) is 13.0. The van der Waals surface area contributed by atoms with Crippen LogP contribution in [0.5, 0.6) is 11.5 Å². The van der Waals surface area contributed by atoms with Crippen LogP contribution in [-0.2, 0) is 9.53 Å². The molecular weight excluding hydrogens is 344 g/mol. The predicted molar refractivity (Wildman–Crippen MR) is 96.8 cm³/mol. The molecule has 0 spiro atoms. The van der Waals surface area contributed by atoms with Gasteiger partial charge in [0.15, 0.2) is 16.6 Å². The molecule has 0 aliphatic carbocycles. The smallest absolute Gasteiger partial charge is 0.325 e. The number of para-hydroxylation sites is 1. The first-order valence-electron chi connectivity index (χ1n) is 8.10. The van der Waals surface area contributed by atoms with Gasteiger partial charge in [0.2, 0.25) is 0 Å². The number of fused-ring (bicyclic) bond motifs is 1. The molecule has 0 radical (unpaired) electrons. The predicted octanol–water partition coefficient (Wildman–Crippen LogP) is 1.11. The summed E-state index contributed by atoms with van der Waals surface area (Å²) in [4.78, 5) is 13.3. The molecule has 0 saturated carbocycles. The Kier molecular flexibility index (Phi) is 6.83. The fraction of sp³-hybridized carbons (Fsp3) is 0.529. The summed E-state index contributed by atoms with van der Waals surface area (Å²) >= 11 is 5.40. The molecule has 1 aliphatic rings. The lowest BCUT2D eigenvalue weighted by Gasteiger charge is -2.39. The van der Waals surface area contributed by atoms with Gasteiger partial charge in [-0.1, -0.05) is 12.1 Å². The van der Waals surface area contributed by atoms with E-state index >= 15 is 0 Å². The minimum atomic E-state index is -0.369. The molecular formula is C17H24N2O5S. The monoisotopic (exact) mass is 368 g/mol. The van der Waals surface area contributed by atoms with Crippen molar-refractivity contribution in [3.63, 3.8) is 0 Å². The normalized spacial score (nSPS) is 18.6. The molecule has 0 amide bonds. The minimum Gasteiger partial charge on any atom is -0.493 e.